The van der Waals surface area contributed by atoms with Gasteiger partial charge in [0.2, 0.25) is 0 Å². The van der Waals surface area contributed by atoms with Gasteiger partial charge in [0, 0.05) is 10.8 Å². The maximum Gasteiger partial charge on any atom is 0.346 e. The Kier molecular flexibility index (Phi) is 5.46. The highest BCUT2D eigenvalue weighted by molar-refractivity contribution is 8.01. The van der Waals surface area contributed by atoms with E-state index in [1.807, 2.05) is 68.4 Å². The van der Waals surface area contributed by atoms with Crippen LogP contribution in [0.25, 0.3) is 22.3 Å². The molecule has 0 bridgehead atoms. The van der Waals surface area contributed by atoms with Crippen molar-refractivity contribution >= 4 is 29.1 Å². The van der Waals surface area contributed by atoms with Gasteiger partial charge in [-0.25, -0.2) is 4.79 Å². The monoisotopic (exact) mass is 379 g/mol. The van der Waals surface area contributed by atoms with Crippen LogP contribution in [0.2, 0.25) is 0 Å². The lowest BCUT2D eigenvalue weighted by Gasteiger charge is -2.07. The minimum absolute atomic E-state index is 0.218. The Morgan fingerprint density at radius 1 is 1.08 bits per heavy atom. The molecule has 0 radical (unpaired) electrons. The van der Waals surface area contributed by atoms with Gasteiger partial charge in [0.05, 0.1) is 9.77 Å². The summed E-state index contributed by atoms with van der Waals surface area (Å²) in [5.41, 5.74) is 3.78. The number of nitriles is 1. The highest BCUT2D eigenvalue weighted by Crippen LogP contribution is 2.43. The molecule has 0 amide bonds. The van der Waals surface area contributed by atoms with E-state index in [4.69, 9.17) is 0 Å². The van der Waals surface area contributed by atoms with Crippen molar-refractivity contribution in [3.05, 3.63) is 65.0 Å². The number of carboxylic acid groups (broad SMARTS) is 1. The lowest BCUT2D eigenvalue weighted by atomic mass is 9.97. The van der Waals surface area contributed by atoms with Crippen molar-refractivity contribution in [2.45, 2.75) is 23.3 Å². The Labute approximate surface area is 160 Å². The van der Waals surface area contributed by atoms with Gasteiger partial charge >= 0.3 is 5.97 Å². The highest BCUT2D eigenvalue weighted by Gasteiger charge is 2.24. The first-order valence-corrected chi connectivity index (χ1v) is 9.83. The van der Waals surface area contributed by atoms with Crippen molar-refractivity contribution in [1.29, 1.82) is 5.26 Å². The van der Waals surface area contributed by atoms with E-state index < -0.39 is 5.97 Å². The molecule has 26 heavy (non-hydrogen) atoms. The average molecular weight is 380 g/mol. The van der Waals surface area contributed by atoms with Crippen LogP contribution < -0.4 is 0 Å². The molecule has 0 saturated carbocycles. The zero-order valence-electron chi connectivity index (χ0n) is 14.4. The summed E-state index contributed by atoms with van der Waals surface area (Å²) in [6.07, 6.45) is 0. The number of thioether (sulfide) groups is 1. The van der Waals surface area contributed by atoms with Gasteiger partial charge in [-0.2, -0.15) is 5.26 Å². The first-order valence-electron chi connectivity index (χ1n) is 8.14. The van der Waals surface area contributed by atoms with Gasteiger partial charge in [-0.15, -0.1) is 23.1 Å². The molecule has 0 saturated heterocycles. The number of carbonyl (C=O) groups is 1. The van der Waals surface area contributed by atoms with Gasteiger partial charge < -0.3 is 5.11 Å². The van der Waals surface area contributed by atoms with Gasteiger partial charge in [-0.05, 0) is 22.8 Å². The summed E-state index contributed by atoms with van der Waals surface area (Å²) < 4.78 is 0.764. The molecule has 130 valence electrons. The second kappa shape index (κ2) is 7.77. The SMILES string of the molecule is CC(C)Sc1sc(C(=O)O)c(-c2cccc(-c3ccccc3)c2)c1C#N. The molecule has 0 aliphatic heterocycles. The van der Waals surface area contributed by atoms with E-state index in [0.717, 1.165) is 20.9 Å². The Morgan fingerprint density at radius 3 is 2.35 bits per heavy atom. The summed E-state index contributed by atoms with van der Waals surface area (Å²) in [6, 6.07) is 19.8. The van der Waals surface area contributed by atoms with Gasteiger partial charge in [-0.3, -0.25) is 0 Å². The number of benzene rings is 2. The maximum absolute atomic E-state index is 11.8. The van der Waals surface area contributed by atoms with E-state index in [2.05, 4.69) is 6.07 Å². The van der Waals surface area contributed by atoms with Crippen molar-refractivity contribution in [3.8, 4) is 28.3 Å². The topological polar surface area (TPSA) is 61.1 Å². The predicted molar refractivity (Wildman–Crippen MR) is 108 cm³/mol. The van der Waals surface area contributed by atoms with E-state index in [1.165, 1.54) is 23.1 Å². The molecule has 5 heteroatoms. The van der Waals surface area contributed by atoms with Crippen LogP contribution >= 0.6 is 23.1 Å². The predicted octanol–water partition coefficient (Wildman–Crippen LogP) is 6.15. The Bertz CT molecular complexity index is 985. The molecule has 0 spiro atoms. The minimum Gasteiger partial charge on any atom is -0.477 e. The maximum atomic E-state index is 11.8. The third-order valence-corrected chi connectivity index (χ3v) is 6.18. The third-order valence-electron chi connectivity index (χ3n) is 3.78. The van der Waals surface area contributed by atoms with Crippen molar-refractivity contribution < 1.29 is 9.90 Å². The standard InChI is InChI=1S/C21H17NO2S2/c1-13(2)25-21-17(12-22)18(19(26-21)20(23)24)16-10-6-9-15(11-16)14-7-4-3-5-8-14/h3-11,13H,1-2H3,(H,23,24). The van der Waals surface area contributed by atoms with Crippen LogP contribution in [0.15, 0.2) is 58.8 Å². The summed E-state index contributed by atoms with van der Waals surface area (Å²) in [6.45, 7) is 4.06. The lowest BCUT2D eigenvalue weighted by Crippen LogP contribution is -1.96. The lowest BCUT2D eigenvalue weighted by molar-refractivity contribution is 0.0703. The quantitative estimate of drug-likeness (QED) is 0.540. The molecule has 0 atom stereocenters. The molecule has 3 nitrogen and oxygen atoms in total. The fraction of sp³-hybridized carbons (Fsp3) is 0.143. The van der Waals surface area contributed by atoms with Crippen molar-refractivity contribution in [2.24, 2.45) is 0 Å². The van der Waals surface area contributed by atoms with E-state index in [9.17, 15) is 15.2 Å². The van der Waals surface area contributed by atoms with Crippen molar-refractivity contribution in [2.75, 3.05) is 0 Å². The number of carboxylic acids is 1. The molecule has 1 heterocycles. The Balaban J connectivity index is 2.19. The molecule has 3 aromatic rings. The van der Waals surface area contributed by atoms with Crippen LogP contribution in [-0.2, 0) is 0 Å². The van der Waals surface area contributed by atoms with Gasteiger partial charge in [0.1, 0.15) is 10.9 Å². The summed E-state index contributed by atoms with van der Waals surface area (Å²) >= 11 is 2.71. The molecular weight excluding hydrogens is 362 g/mol. The summed E-state index contributed by atoms with van der Waals surface area (Å²) in [4.78, 5) is 12.0. The molecule has 2 aromatic carbocycles. The normalized spacial score (nSPS) is 10.7. The van der Waals surface area contributed by atoms with Crippen LogP contribution in [0.3, 0.4) is 0 Å². The van der Waals surface area contributed by atoms with Crippen molar-refractivity contribution in [1.82, 2.24) is 0 Å². The summed E-state index contributed by atoms with van der Waals surface area (Å²) in [5, 5.41) is 19.6. The second-order valence-corrected chi connectivity index (χ2v) is 8.86. The molecule has 3 rings (SSSR count). The van der Waals surface area contributed by atoms with Crippen LogP contribution in [0.5, 0.6) is 0 Å². The van der Waals surface area contributed by atoms with Crippen LogP contribution in [-0.4, -0.2) is 16.3 Å². The molecule has 1 aromatic heterocycles. The third kappa shape index (κ3) is 3.67. The average Bonchev–Trinajstić information content (AvgIpc) is 3.00. The number of thiophene rings is 1. The Morgan fingerprint density at radius 2 is 1.73 bits per heavy atom. The zero-order chi connectivity index (χ0) is 18.7. The molecule has 1 N–H and O–H groups in total. The summed E-state index contributed by atoms with van der Waals surface area (Å²) in [7, 11) is 0. The van der Waals surface area contributed by atoms with Crippen molar-refractivity contribution in [3.63, 3.8) is 0 Å². The van der Waals surface area contributed by atoms with Crippen LogP contribution in [0.1, 0.15) is 29.1 Å². The van der Waals surface area contributed by atoms with Gasteiger partial charge in [0.25, 0.3) is 0 Å². The molecule has 0 aliphatic carbocycles. The second-order valence-electron chi connectivity index (χ2n) is 6.00. The van der Waals surface area contributed by atoms with E-state index in [0.29, 0.717) is 11.1 Å². The molecule has 0 unspecified atom stereocenters. The largest absolute Gasteiger partial charge is 0.477 e. The number of nitrogens with zero attached hydrogens (tertiary/aromatic N) is 1. The molecule has 0 aliphatic rings. The van der Waals surface area contributed by atoms with Crippen LogP contribution in [0, 0.1) is 11.3 Å². The van der Waals surface area contributed by atoms with E-state index in [1.54, 1.807) is 0 Å². The molecular formula is C21H17NO2S2. The Hall–Kier alpha value is -2.55. The van der Waals surface area contributed by atoms with Gasteiger partial charge in [0.15, 0.2) is 0 Å². The molecule has 0 fully saturated rings. The van der Waals surface area contributed by atoms with E-state index in [-0.39, 0.29) is 10.1 Å². The summed E-state index contributed by atoms with van der Waals surface area (Å²) in [5.74, 6) is -0.998. The first-order chi connectivity index (χ1) is 12.5. The smallest absolute Gasteiger partial charge is 0.346 e. The van der Waals surface area contributed by atoms with Gasteiger partial charge in [-0.1, -0.05) is 62.4 Å². The fourth-order valence-electron chi connectivity index (χ4n) is 2.72. The zero-order valence-corrected chi connectivity index (χ0v) is 16.0. The number of hydrogen-bond acceptors (Lipinski definition) is 4. The number of rotatable bonds is 5. The van der Waals surface area contributed by atoms with Crippen LogP contribution in [0.4, 0.5) is 0 Å². The number of aromatic carboxylic acids is 1. The highest BCUT2D eigenvalue weighted by atomic mass is 32.2. The minimum atomic E-state index is -0.998. The first kappa shape index (κ1) is 18.2. The number of hydrogen-bond donors (Lipinski definition) is 1. The van der Waals surface area contributed by atoms with E-state index >= 15 is 0 Å². The fourth-order valence-corrected chi connectivity index (χ4v) is 5.28.